The Bertz CT molecular complexity index is 844. The van der Waals surface area contributed by atoms with Gasteiger partial charge in [-0.15, -0.1) is 0 Å². The van der Waals surface area contributed by atoms with Crippen LogP contribution in [0.5, 0.6) is 0 Å². The van der Waals surface area contributed by atoms with Gasteiger partial charge in [0.15, 0.2) is 5.82 Å². The fourth-order valence-electron chi connectivity index (χ4n) is 2.44. The smallest absolute Gasteiger partial charge is 0.224 e. The van der Waals surface area contributed by atoms with Crippen LogP contribution in [0.25, 0.3) is 5.82 Å². The molecule has 3 rings (SSSR count). The Morgan fingerprint density at radius 2 is 2.00 bits per heavy atom. The molecule has 7 nitrogen and oxygen atoms in total. The molecule has 0 radical (unpaired) electrons. The first kappa shape index (κ1) is 16.6. The van der Waals surface area contributed by atoms with Crippen LogP contribution in [-0.4, -0.2) is 39.8 Å². The van der Waals surface area contributed by atoms with E-state index >= 15 is 0 Å². The number of carbonyl (C=O) groups is 1. The van der Waals surface area contributed by atoms with Gasteiger partial charge >= 0.3 is 0 Å². The Morgan fingerprint density at radius 1 is 1.20 bits per heavy atom. The van der Waals surface area contributed by atoms with Gasteiger partial charge in [0.05, 0.1) is 24.3 Å². The zero-order chi connectivity index (χ0) is 17.6. The number of anilines is 2. The van der Waals surface area contributed by atoms with Crippen molar-refractivity contribution >= 4 is 17.3 Å². The van der Waals surface area contributed by atoms with E-state index in [0.29, 0.717) is 24.3 Å². The van der Waals surface area contributed by atoms with E-state index in [1.807, 2.05) is 49.3 Å². The summed E-state index contributed by atoms with van der Waals surface area (Å²) < 4.78 is 1.63. The van der Waals surface area contributed by atoms with Gasteiger partial charge in [0.25, 0.3) is 0 Å². The summed E-state index contributed by atoms with van der Waals surface area (Å²) in [7, 11) is 3.83. The summed E-state index contributed by atoms with van der Waals surface area (Å²) in [6, 6.07) is 9.95. The maximum absolute atomic E-state index is 12.1. The standard InChI is InChI=1S/C18H20N6O/c1-23(2)16-11-19-13-20-18(16)24-12-15(10-21-24)22-17(25)9-8-14-6-4-3-5-7-14/h3-7,10-13H,8-9H2,1-2H3,(H,22,25). The topological polar surface area (TPSA) is 75.9 Å². The maximum atomic E-state index is 12.1. The molecule has 1 amide bonds. The summed E-state index contributed by atoms with van der Waals surface area (Å²) in [5, 5.41) is 7.16. The lowest BCUT2D eigenvalue weighted by atomic mass is 10.1. The zero-order valence-corrected chi connectivity index (χ0v) is 14.3. The monoisotopic (exact) mass is 336 g/mol. The van der Waals surface area contributed by atoms with Gasteiger partial charge in [-0.05, 0) is 12.0 Å². The summed E-state index contributed by atoms with van der Waals surface area (Å²) in [4.78, 5) is 22.3. The summed E-state index contributed by atoms with van der Waals surface area (Å²) in [5.41, 5.74) is 2.62. The third kappa shape index (κ3) is 4.20. The van der Waals surface area contributed by atoms with Crippen LogP contribution in [0, 0.1) is 0 Å². The predicted octanol–water partition coefficient (Wildman–Crippen LogP) is 2.30. The van der Waals surface area contributed by atoms with Gasteiger partial charge in [0, 0.05) is 20.5 Å². The SMILES string of the molecule is CN(C)c1cncnc1-n1cc(NC(=O)CCc2ccccc2)cn1. The van der Waals surface area contributed by atoms with Crippen LogP contribution in [0.4, 0.5) is 11.4 Å². The van der Waals surface area contributed by atoms with E-state index in [1.165, 1.54) is 6.33 Å². The van der Waals surface area contributed by atoms with Gasteiger partial charge in [0.1, 0.15) is 12.0 Å². The van der Waals surface area contributed by atoms with Crippen molar-refractivity contribution < 1.29 is 4.79 Å². The molecule has 0 bridgehead atoms. The van der Waals surface area contributed by atoms with Crippen LogP contribution >= 0.6 is 0 Å². The lowest BCUT2D eigenvalue weighted by molar-refractivity contribution is -0.116. The summed E-state index contributed by atoms with van der Waals surface area (Å²) >= 11 is 0. The number of rotatable bonds is 6. The first-order chi connectivity index (χ1) is 12.1. The van der Waals surface area contributed by atoms with Gasteiger partial charge < -0.3 is 10.2 Å². The van der Waals surface area contributed by atoms with Crippen molar-refractivity contribution in [2.75, 3.05) is 24.3 Å². The second kappa shape index (κ2) is 7.57. The largest absolute Gasteiger partial charge is 0.373 e. The Morgan fingerprint density at radius 3 is 2.76 bits per heavy atom. The predicted molar refractivity (Wildman–Crippen MR) is 96.9 cm³/mol. The molecule has 1 aromatic carbocycles. The fourth-order valence-corrected chi connectivity index (χ4v) is 2.44. The van der Waals surface area contributed by atoms with Gasteiger partial charge in [0.2, 0.25) is 5.91 Å². The number of carbonyl (C=O) groups excluding carboxylic acids is 1. The summed E-state index contributed by atoms with van der Waals surface area (Å²) in [6.45, 7) is 0. The molecule has 0 saturated carbocycles. The lowest BCUT2D eigenvalue weighted by Crippen LogP contribution is -2.14. The molecule has 1 N–H and O–H groups in total. The van der Waals surface area contributed by atoms with Gasteiger partial charge in [-0.2, -0.15) is 5.10 Å². The molecule has 0 atom stereocenters. The second-order valence-corrected chi connectivity index (χ2v) is 5.83. The minimum Gasteiger partial charge on any atom is -0.373 e. The normalized spacial score (nSPS) is 10.5. The zero-order valence-electron chi connectivity index (χ0n) is 14.3. The van der Waals surface area contributed by atoms with E-state index < -0.39 is 0 Å². The minimum absolute atomic E-state index is 0.0427. The van der Waals surface area contributed by atoms with Gasteiger partial charge in [-0.3, -0.25) is 4.79 Å². The molecule has 2 aromatic heterocycles. The van der Waals surface area contributed by atoms with Crippen molar-refractivity contribution in [1.82, 2.24) is 19.7 Å². The highest BCUT2D eigenvalue weighted by Gasteiger charge is 2.11. The van der Waals surface area contributed by atoms with Crippen molar-refractivity contribution in [2.24, 2.45) is 0 Å². The quantitative estimate of drug-likeness (QED) is 0.747. The van der Waals surface area contributed by atoms with Gasteiger partial charge in [-0.25, -0.2) is 14.6 Å². The van der Waals surface area contributed by atoms with Crippen molar-refractivity contribution in [2.45, 2.75) is 12.8 Å². The average molecular weight is 336 g/mol. The van der Waals surface area contributed by atoms with Crippen LogP contribution in [0.2, 0.25) is 0 Å². The third-order valence-electron chi connectivity index (χ3n) is 3.72. The van der Waals surface area contributed by atoms with E-state index in [9.17, 15) is 4.79 Å². The second-order valence-electron chi connectivity index (χ2n) is 5.83. The molecule has 128 valence electrons. The first-order valence-corrected chi connectivity index (χ1v) is 7.99. The molecule has 0 spiro atoms. The number of amides is 1. The summed E-state index contributed by atoms with van der Waals surface area (Å²) in [6.07, 6.45) is 7.69. The number of hydrogen-bond donors (Lipinski definition) is 1. The number of nitrogens with one attached hydrogen (secondary N) is 1. The molecule has 2 heterocycles. The lowest BCUT2D eigenvalue weighted by Gasteiger charge is -2.14. The van der Waals surface area contributed by atoms with Crippen LogP contribution in [-0.2, 0) is 11.2 Å². The highest BCUT2D eigenvalue weighted by molar-refractivity contribution is 5.90. The number of aromatic nitrogens is 4. The Balaban J connectivity index is 1.65. The maximum Gasteiger partial charge on any atom is 0.224 e. The van der Waals surface area contributed by atoms with Crippen molar-refractivity contribution in [3.8, 4) is 5.82 Å². The molecular weight excluding hydrogens is 316 g/mol. The minimum atomic E-state index is -0.0427. The van der Waals surface area contributed by atoms with Crippen molar-refractivity contribution in [3.63, 3.8) is 0 Å². The molecular formula is C18H20N6O. The first-order valence-electron chi connectivity index (χ1n) is 7.99. The highest BCUT2D eigenvalue weighted by Crippen LogP contribution is 2.19. The van der Waals surface area contributed by atoms with E-state index in [-0.39, 0.29) is 5.91 Å². The van der Waals surface area contributed by atoms with Crippen molar-refractivity contribution in [1.29, 1.82) is 0 Å². The van der Waals surface area contributed by atoms with Crippen LogP contribution in [0.15, 0.2) is 55.2 Å². The van der Waals surface area contributed by atoms with E-state index in [4.69, 9.17) is 0 Å². The summed E-state index contributed by atoms with van der Waals surface area (Å²) in [5.74, 6) is 0.615. The number of nitrogens with zero attached hydrogens (tertiary/aromatic N) is 5. The Hall–Kier alpha value is -3.22. The van der Waals surface area contributed by atoms with E-state index in [0.717, 1.165) is 11.3 Å². The number of benzene rings is 1. The van der Waals surface area contributed by atoms with E-state index in [2.05, 4.69) is 20.4 Å². The molecule has 7 heteroatoms. The Kier molecular flexibility index (Phi) is 5.03. The van der Waals surface area contributed by atoms with Crippen molar-refractivity contribution in [3.05, 3.63) is 60.8 Å². The average Bonchev–Trinajstić information content (AvgIpc) is 3.09. The highest BCUT2D eigenvalue weighted by atomic mass is 16.1. The van der Waals surface area contributed by atoms with E-state index in [1.54, 1.807) is 23.3 Å². The van der Waals surface area contributed by atoms with Crippen LogP contribution in [0.3, 0.4) is 0 Å². The molecule has 0 unspecified atom stereocenters. The fraction of sp³-hybridized carbons (Fsp3) is 0.222. The number of aryl methyl sites for hydroxylation is 1. The van der Waals surface area contributed by atoms with Crippen LogP contribution in [0.1, 0.15) is 12.0 Å². The molecule has 0 aliphatic rings. The number of hydrogen-bond acceptors (Lipinski definition) is 5. The third-order valence-corrected chi connectivity index (χ3v) is 3.72. The molecule has 0 aliphatic heterocycles. The molecule has 0 fully saturated rings. The molecule has 3 aromatic rings. The van der Waals surface area contributed by atoms with Gasteiger partial charge in [-0.1, -0.05) is 30.3 Å². The molecule has 25 heavy (non-hydrogen) atoms. The Labute approximate surface area is 146 Å². The molecule has 0 aliphatic carbocycles. The molecule has 0 saturated heterocycles. The van der Waals surface area contributed by atoms with Crippen LogP contribution < -0.4 is 10.2 Å².